The monoisotopic (exact) mass is 332 g/mol. The van der Waals surface area contributed by atoms with Crippen molar-refractivity contribution in [1.29, 1.82) is 0 Å². The molecule has 2 aromatic rings. The average molecular weight is 333 g/mol. The van der Waals surface area contributed by atoms with Crippen LogP contribution in [-0.4, -0.2) is 12.6 Å². The largest absolute Gasteiger partial charge is 0.493 e. The Balaban J connectivity index is 1.79. The molecule has 2 atom stereocenters. The number of ether oxygens (including phenoxy) is 1. The molecule has 4 heteroatoms. The van der Waals surface area contributed by atoms with Gasteiger partial charge in [-0.05, 0) is 30.2 Å². The highest BCUT2D eigenvalue weighted by atomic mass is 79.9. The molecule has 1 heterocycles. The maximum atomic E-state index is 5.77. The van der Waals surface area contributed by atoms with Crippen LogP contribution in [0, 0.1) is 0 Å². The summed E-state index contributed by atoms with van der Waals surface area (Å²) in [6, 6.07) is 16.7. The Kier molecular flexibility index (Phi) is 4.05. The van der Waals surface area contributed by atoms with Gasteiger partial charge in [0.05, 0.1) is 6.61 Å². The Morgan fingerprint density at radius 2 is 1.95 bits per heavy atom. The lowest BCUT2D eigenvalue weighted by Gasteiger charge is -2.22. The summed E-state index contributed by atoms with van der Waals surface area (Å²) in [5, 5.41) is 0. The first kappa shape index (κ1) is 13.6. The van der Waals surface area contributed by atoms with Crippen molar-refractivity contribution < 1.29 is 4.74 Å². The molecule has 3 nitrogen and oxygen atoms in total. The molecule has 0 spiro atoms. The molecule has 2 aromatic carbocycles. The lowest BCUT2D eigenvalue weighted by Crippen LogP contribution is -2.42. The van der Waals surface area contributed by atoms with E-state index in [0.717, 1.165) is 16.6 Å². The standard InChI is InChI=1S/C16H17BrN2O/c17-12-7-5-11(6-8-12)9-15(19-18)14-10-20-16-4-2-1-3-13(14)16/h1-8,14-15,19H,9-10,18H2. The molecular formula is C16H17BrN2O. The summed E-state index contributed by atoms with van der Waals surface area (Å²) in [6.45, 7) is 0.685. The van der Waals surface area contributed by atoms with Crippen molar-refractivity contribution in [1.82, 2.24) is 5.43 Å². The Labute approximate surface area is 127 Å². The predicted molar refractivity (Wildman–Crippen MR) is 83.6 cm³/mol. The highest BCUT2D eigenvalue weighted by Crippen LogP contribution is 2.36. The van der Waals surface area contributed by atoms with Gasteiger partial charge in [-0.15, -0.1) is 0 Å². The van der Waals surface area contributed by atoms with Crippen LogP contribution in [0.4, 0.5) is 0 Å². The van der Waals surface area contributed by atoms with E-state index in [0.29, 0.717) is 12.5 Å². The number of fused-ring (bicyclic) bond motifs is 1. The molecule has 0 aliphatic carbocycles. The quantitative estimate of drug-likeness (QED) is 0.668. The van der Waals surface area contributed by atoms with Gasteiger partial charge in [-0.25, -0.2) is 0 Å². The van der Waals surface area contributed by atoms with Crippen LogP contribution in [0.25, 0.3) is 0 Å². The Hall–Kier alpha value is -1.36. The number of hydrogen-bond donors (Lipinski definition) is 2. The smallest absolute Gasteiger partial charge is 0.122 e. The summed E-state index contributed by atoms with van der Waals surface area (Å²) in [6.07, 6.45) is 0.881. The zero-order valence-corrected chi connectivity index (χ0v) is 12.6. The number of rotatable bonds is 4. The maximum absolute atomic E-state index is 5.77. The summed E-state index contributed by atoms with van der Waals surface area (Å²) in [5.41, 5.74) is 5.46. The lowest BCUT2D eigenvalue weighted by atomic mass is 9.89. The van der Waals surface area contributed by atoms with Crippen LogP contribution in [0.1, 0.15) is 17.0 Å². The summed E-state index contributed by atoms with van der Waals surface area (Å²) in [5.74, 6) is 7.04. The van der Waals surface area contributed by atoms with Gasteiger partial charge in [0.25, 0.3) is 0 Å². The zero-order valence-electron chi connectivity index (χ0n) is 11.1. The van der Waals surface area contributed by atoms with Crippen molar-refractivity contribution in [3.63, 3.8) is 0 Å². The van der Waals surface area contributed by atoms with Gasteiger partial charge in [-0.2, -0.15) is 0 Å². The number of para-hydroxylation sites is 1. The minimum Gasteiger partial charge on any atom is -0.493 e. The fraction of sp³-hybridized carbons (Fsp3) is 0.250. The lowest BCUT2D eigenvalue weighted by molar-refractivity contribution is 0.297. The molecule has 1 aliphatic heterocycles. The second-order valence-electron chi connectivity index (χ2n) is 5.06. The molecular weight excluding hydrogens is 316 g/mol. The van der Waals surface area contributed by atoms with Gasteiger partial charge >= 0.3 is 0 Å². The topological polar surface area (TPSA) is 47.3 Å². The van der Waals surface area contributed by atoms with Gasteiger partial charge < -0.3 is 4.74 Å². The van der Waals surface area contributed by atoms with Crippen molar-refractivity contribution in [3.8, 4) is 5.75 Å². The molecule has 20 heavy (non-hydrogen) atoms. The third kappa shape index (κ3) is 2.73. The van der Waals surface area contributed by atoms with Crippen LogP contribution in [-0.2, 0) is 6.42 Å². The molecule has 0 radical (unpaired) electrons. The summed E-state index contributed by atoms with van der Waals surface area (Å²) >= 11 is 3.46. The van der Waals surface area contributed by atoms with Crippen molar-refractivity contribution in [2.45, 2.75) is 18.4 Å². The van der Waals surface area contributed by atoms with E-state index >= 15 is 0 Å². The number of nitrogens with two attached hydrogens (primary N) is 1. The van der Waals surface area contributed by atoms with Gasteiger partial charge in [0.15, 0.2) is 0 Å². The SMILES string of the molecule is NNC(Cc1ccc(Br)cc1)C1COc2ccccc21. The number of hydrogen-bond acceptors (Lipinski definition) is 3. The first-order valence-corrected chi connectivity index (χ1v) is 7.49. The highest BCUT2D eigenvalue weighted by molar-refractivity contribution is 9.10. The molecule has 2 unspecified atom stereocenters. The molecule has 3 rings (SSSR count). The van der Waals surface area contributed by atoms with Gasteiger partial charge in [0.2, 0.25) is 0 Å². The second-order valence-corrected chi connectivity index (χ2v) is 5.97. The fourth-order valence-corrected chi connectivity index (χ4v) is 2.98. The molecule has 104 valence electrons. The van der Waals surface area contributed by atoms with E-state index in [1.54, 1.807) is 0 Å². The predicted octanol–water partition coefficient (Wildman–Crippen LogP) is 3.00. The zero-order chi connectivity index (χ0) is 13.9. The molecule has 3 N–H and O–H groups in total. The Bertz CT molecular complexity index is 585. The van der Waals surface area contributed by atoms with Gasteiger partial charge in [0.1, 0.15) is 5.75 Å². The van der Waals surface area contributed by atoms with Crippen molar-refractivity contribution >= 4 is 15.9 Å². The summed E-state index contributed by atoms with van der Waals surface area (Å²) in [7, 11) is 0. The Morgan fingerprint density at radius 3 is 2.70 bits per heavy atom. The fourth-order valence-electron chi connectivity index (χ4n) is 2.71. The normalized spacial score (nSPS) is 18.4. The molecule has 0 amide bonds. The molecule has 0 fully saturated rings. The molecule has 0 saturated heterocycles. The minimum absolute atomic E-state index is 0.167. The van der Waals surface area contributed by atoms with E-state index in [9.17, 15) is 0 Å². The van der Waals surface area contributed by atoms with Gasteiger partial charge in [-0.3, -0.25) is 11.3 Å². The molecule has 0 aromatic heterocycles. The summed E-state index contributed by atoms with van der Waals surface area (Å²) < 4.78 is 6.84. The summed E-state index contributed by atoms with van der Waals surface area (Å²) in [4.78, 5) is 0. The van der Waals surface area contributed by atoms with Gasteiger partial charge in [-0.1, -0.05) is 46.3 Å². The molecule has 1 aliphatic rings. The third-order valence-corrected chi connectivity index (χ3v) is 4.33. The van der Waals surface area contributed by atoms with Crippen molar-refractivity contribution in [2.75, 3.05) is 6.61 Å². The van der Waals surface area contributed by atoms with Crippen LogP contribution in [0.15, 0.2) is 53.0 Å². The Morgan fingerprint density at radius 1 is 1.20 bits per heavy atom. The number of halogens is 1. The first-order chi connectivity index (χ1) is 9.78. The number of hydrazine groups is 1. The molecule has 0 saturated carbocycles. The van der Waals surface area contributed by atoms with Crippen LogP contribution < -0.4 is 16.0 Å². The number of nitrogens with one attached hydrogen (secondary N) is 1. The van der Waals surface area contributed by atoms with E-state index in [2.05, 4.69) is 51.7 Å². The second kappa shape index (κ2) is 5.95. The maximum Gasteiger partial charge on any atom is 0.122 e. The first-order valence-electron chi connectivity index (χ1n) is 6.70. The number of benzene rings is 2. The average Bonchev–Trinajstić information content (AvgIpc) is 2.91. The van der Waals surface area contributed by atoms with E-state index in [-0.39, 0.29) is 6.04 Å². The van der Waals surface area contributed by atoms with Crippen LogP contribution >= 0.6 is 15.9 Å². The van der Waals surface area contributed by atoms with Crippen molar-refractivity contribution in [3.05, 3.63) is 64.1 Å². The minimum atomic E-state index is 0.167. The highest BCUT2D eigenvalue weighted by Gasteiger charge is 2.30. The van der Waals surface area contributed by atoms with E-state index in [1.165, 1.54) is 11.1 Å². The molecule has 0 bridgehead atoms. The van der Waals surface area contributed by atoms with E-state index in [1.807, 2.05) is 18.2 Å². The van der Waals surface area contributed by atoms with Gasteiger partial charge in [0, 0.05) is 22.0 Å². The van der Waals surface area contributed by atoms with Crippen molar-refractivity contribution in [2.24, 2.45) is 5.84 Å². The van der Waals surface area contributed by atoms with Crippen LogP contribution in [0.5, 0.6) is 5.75 Å². The van der Waals surface area contributed by atoms with Crippen LogP contribution in [0.3, 0.4) is 0 Å². The van der Waals surface area contributed by atoms with Crippen LogP contribution in [0.2, 0.25) is 0 Å². The van der Waals surface area contributed by atoms with E-state index in [4.69, 9.17) is 10.6 Å². The van der Waals surface area contributed by atoms with E-state index < -0.39 is 0 Å². The third-order valence-electron chi connectivity index (χ3n) is 3.81.